The zero-order valence-electron chi connectivity index (χ0n) is 22.9. The molecule has 0 aliphatic carbocycles. The van der Waals surface area contributed by atoms with Crippen molar-refractivity contribution in [2.45, 2.75) is 83.6 Å². The number of benzene rings is 2. The average molecular weight is 526 g/mol. The molecule has 0 fully saturated rings. The first-order chi connectivity index (χ1) is 17.2. The molecule has 1 aliphatic rings. The van der Waals surface area contributed by atoms with E-state index >= 15 is 0 Å². The Bertz CT molecular complexity index is 1190. The number of carbonyl (C=O) groups is 2. The Morgan fingerprint density at radius 3 is 2.41 bits per heavy atom. The summed E-state index contributed by atoms with van der Waals surface area (Å²) in [6, 6.07) is 11.6. The predicted molar refractivity (Wildman–Crippen MR) is 149 cm³/mol. The van der Waals surface area contributed by atoms with E-state index in [9.17, 15) is 14.7 Å². The fourth-order valence-corrected chi connectivity index (χ4v) is 5.66. The van der Waals surface area contributed by atoms with Gasteiger partial charge in [0.25, 0.3) is 0 Å². The number of aliphatic hydroxyl groups excluding tert-OH is 1. The van der Waals surface area contributed by atoms with Crippen LogP contribution in [0.4, 0.5) is 5.69 Å². The van der Waals surface area contributed by atoms with Gasteiger partial charge in [0, 0.05) is 17.0 Å². The van der Waals surface area contributed by atoms with Gasteiger partial charge in [-0.25, -0.2) is 4.79 Å². The molecule has 3 rings (SSSR count). The number of ketones is 1. The van der Waals surface area contributed by atoms with Gasteiger partial charge in [-0.2, -0.15) is 0 Å². The quantitative estimate of drug-likeness (QED) is 0.278. The Morgan fingerprint density at radius 2 is 1.86 bits per heavy atom. The topological polar surface area (TPSA) is 98.8 Å². The molecular weight excluding hydrogens is 486 g/mol. The van der Waals surface area contributed by atoms with E-state index in [2.05, 4.69) is 20.8 Å². The van der Waals surface area contributed by atoms with Crippen molar-refractivity contribution in [3.05, 3.63) is 63.8 Å². The van der Waals surface area contributed by atoms with Crippen molar-refractivity contribution in [3.63, 3.8) is 0 Å². The van der Waals surface area contributed by atoms with E-state index in [4.69, 9.17) is 15.2 Å². The fourth-order valence-electron chi connectivity index (χ4n) is 4.42. The lowest BCUT2D eigenvalue weighted by molar-refractivity contribution is -0.164. The van der Waals surface area contributed by atoms with Crippen LogP contribution < -0.4 is 10.5 Å². The third-order valence-corrected chi connectivity index (χ3v) is 7.97. The molecule has 200 valence electrons. The third-order valence-electron chi connectivity index (χ3n) is 6.81. The summed E-state index contributed by atoms with van der Waals surface area (Å²) in [5.74, 6) is 0.149. The molecule has 6 nitrogen and oxygen atoms in total. The molecule has 1 unspecified atom stereocenters. The van der Waals surface area contributed by atoms with E-state index in [1.54, 1.807) is 0 Å². The molecule has 1 atom stereocenters. The summed E-state index contributed by atoms with van der Waals surface area (Å²) >= 11 is 1.23. The number of ether oxygens (including phenoxy) is 2. The van der Waals surface area contributed by atoms with Crippen molar-refractivity contribution in [2.24, 2.45) is 5.92 Å². The number of nitrogen functional groups attached to an aromatic ring is 1. The zero-order chi connectivity index (χ0) is 27.5. The minimum Gasteiger partial charge on any atom is -0.511 e. The Kier molecular flexibility index (Phi) is 8.68. The highest BCUT2D eigenvalue weighted by molar-refractivity contribution is 8.04. The summed E-state index contributed by atoms with van der Waals surface area (Å²) in [6.07, 6.45) is 1.56. The molecule has 3 N–H and O–H groups in total. The number of thioether (sulfide) groups is 1. The van der Waals surface area contributed by atoms with E-state index in [0.29, 0.717) is 24.3 Å². The van der Waals surface area contributed by atoms with Gasteiger partial charge in [-0.1, -0.05) is 58.5 Å². The van der Waals surface area contributed by atoms with Gasteiger partial charge in [0.2, 0.25) is 0 Å². The number of esters is 1. The molecule has 37 heavy (non-hydrogen) atoms. The highest BCUT2D eigenvalue weighted by atomic mass is 32.2. The first-order valence-corrected chi connectivity index (χ1v) is 13.5. The Morgan fingerprint density at radius 1 is 1.22 bits per heavy atom. The lowest BCUT2D eigenvalue weighted by atomic mass is 9.80. The van der Waals surface area contributed by atoms with Crippen LogP contribution in [-0.2, 0) is 26.2 Å². The van der Waals surface area contributed by atoms with Gasteiger partial charge in [0.1, 0.15) is 28.6 Å². The molecule has 0 bridgehead atoms. The number of hydrogen-bond acceptors (Lipinski definition) is 7. The van der Waals surface area contributed by atoms with Crippen LogP contribution in [0.25, 0.3) is 0 Å². The molecule has 2 aromatic rings. The largest absolute Gasteiger partial charge is 0.511 e. The molecule has 0 amide bonds. The van der Waals surface area contributed by atoms with E-state index < -0.39 is 11.6 Å². The average Bonchev–Trinajstić information content (AvgIpc) is 2.79. The van der Waals surface area contributed by atoms with Crippen LogP contribution in [0.2, 0.25) is 0 Å². The van der Waals surface area contributed by atoms with E-state index in [0.717, 1.165) is 21.6 Å². The molecule has 0 saturated heterocycles. The van der Waals surface area contributed by atoms with Crippen LogP contribution in [0.5, 0.6) is 5.75 Å². The summed E-state index contributed by atoms with van der Waals surface area (Å²) in [5, 5.41) is 11.2. The van der Waals surface area contributed by atoms with Gasteiger partial charge in [0.05, 0.1) is 0 Å². The van der Waals surface area contributed by atoms with Crippen molar-refractivity contribution >= 4 is 29.2 Å². The molecular formula is C30H39NO5S. The molecule has 0 radical (unpaired) electrons. The Labute approximate surface area is 224 Å². The molecule has 1 aliphatic heterocycles. The predicted octanol–water partition coefficient (Wildman–Crippen LogP) is 6.68. The minimum atomic E-state index is -0.792. The van der Waals surface area contributed by atoms with Gasteiger partial charge < -0.3 is 20.3 Å². The number of Topliss-reactive ketones (excluding diaryl/α,β-unsaturated/α-hetero) is 1. The van der Waals surface area contributed by atoms with Crippen LogP contribution in [0.3, 0.4) is 0 Å². The monoisotopic (exact) mass is 525 g/mol. The standard InChI is InChI=1S/C30H39NO5S/c1-18(2)30(13-12-21-8-10-22(31)11-9-21)16-24(33)27(28(34)36-30)37-26-14-19(3)25(35-17-20(4)32)15-23(26)29(5,6)7/h8-11,14-15,18,33H,12-13,16-17,31H2,1-7H3. The Hall–Kier alpha value is -2.93. The van der Waals surface area contributed by atoms with Crippen LogP contribution in [0, 0.1) is 12.8 Å². The number of aryl methyl sites for hydroxylation is 2. The van der Waals surface area contributed by atoms with Crippen LogP contribution in [0.15, 0.2) is 52.0 Å². The number of anilines is 1. The maximum Gasteiger partial charge on any atom is 0.349 e. The Balaban J connectivity index is 1.90. The summed E-state index contributed by atoms with van der Waals surface area (Å²) < 4.78 is 11.8. The highest BCUT2D eigenvalue weighted by Crippen LogP contribution is 2.46. The van der Waals surface area contributed by atoms with E-state index in [1.165, 1.54) is 18.7 Å². The summed E-state index contributed by atoms with van der Waals surface area (Å²) in [5.41, 5.74) is 8.36. The molecule has 0 saturated carbocycles. The SMILES string of the molecule is CC(=O)COc1cc(C(C)(C)C)c(SC2=C(O)CC(CCc3ccc(N)cc3)(C(C)C)OC2=O)cc1C. The van der Waals surface area contributed by atoms with Gasteiger partial charge in [0.15, 0.2) is 5.78 Å². The third kappa shape index (κ3) is 6.89. The second-order valence-electron chi connectivity index (χ2n) is 11.3. The molecule has 1 heterocycles. The number of aliphatic hydroxyl groups is 1. The van der Waals surface area contributed by atoms with Crippen molar-refractivity contribution in [2.75, 3.05) is 12.3 Å². The zero-order valence-corrected chi connectivity index (χ0v) is 23.8. The normalized spacial score (nSPS) is 18.2. The minimum absolute atomic E-state index is 0.00281. The van der Waals surface area contributed by atoms with Gasteiger partial charge in [-0.3, -0.25) is 4.79 Å². The summed E-state index contributed by atoms with van der Waals surface area (Å²) in [6.45, 7) is 13.6. The highest BCUT2D eigenvalue weighted by Gasteiger charge is 2.44. The molecule has 7 heteroatoms. The lowest BCUT2D eigenvalue weighted by Crippen LogP contribution is -2.44. The van der Waals surface area contributed by atoms with Crippen molar-refractivity contribution in [1.82, 2.24) is 0 Å². The smallest absolute Gasteiger partial charge is 0.349 e. The molecule has 0 aromatic heterocycles. The number of carbonyl (C=O) groups excluding carboxylic acids is 2. The number of hydrogen-bond donors (Lipinski definition) is 2. The summed E-state index contributed by atoms with van der Waals surface area (Å²) in [4.78, 5) is 25.8. The van der Waals surface area contributed by atoms with Gasteiger partial charge in [-0.05, 0) is 79.0 Å². The number of cyclic esters (lactones) is 1. The second kappa shape index (κ2) is 11.2. The maximum absolute atomic E-state index is 13.3. The lowest BCUT2D eigenvalue weighted by Gasteiger charge is -2.40. The summed E-state index contributed by atoms with van der Waals surface area (Å²) in [7, 11) is 0. The van der Waals surface area contributed by atoms with E-state index in [-0.39, 0.29) is 40.8 Å². The van der Waals surface area contributed by atoms with Gasteiger partial charge >= 0.3 is 5.97 Å². The first kappa shape index (κ1) is 28.6. The second-order valence-corrected chi connectivity index (χ2v) is 12.3. The van der Waals surface area contributed by atoms with Crippen molar-refractivity contribution in [3.8, 4) is 5.75 Å². The van der Waals surface area contributed by atoms with Crippen molar-refractivity contribution < 1.29 is 24.2 Å². The van der Waals surface area contributed by atoms with Gasteiger partial charge in [-0.15, -0.1) is 0 Å². The molecule has 0 spiro atoms. The van der Waals surface area contributed by atoms with Crippen LogP contribution in [-0.4, -0.2) is 29.1 Å². The van der Waals surface area contributed by atoms with E-state index in [1.807, 2.05) is 57.2 Å². The first-order valence-electron chi connectivity index (χ1n) is 12.7. The van der Waals surface area contributed by atoms with Crippen LogP contribution >= 0.6 is 11.8 Å². The van der Waals surface area contributed by atoms with Crippen LogP contribution in [0.1, 0.15) is 71.1 Å². The maximum atomic E-state index is 13.3. The van der Waals surface area contributed by atoms with Crippen molar-refractivity contribution in [1.29, 1.82) is 0 Å². The fraction of sp³-hybridized carbons (Fsp3) is 0.467. The number of nitrogens with two attached hydrogens (primary N) is 1. The molecule has 2 aromatic carbocycles. The number of rotatable bonds is 9.